The van der Waals surface area contributed by atoms with Gasteiger partial charge in [0.1, 0.15) is 0 Å². The molecular weight excluding hydrogens is 328 g/mol. The summed E-state index contributed by atoms with van der Waals surface area (Å²) in [7, 11) is 0. The van der Waals surface area contributed by atoms with Crippen LogP contribution in [0.1, 0.15) is 66.2 Å². The van der Waals surface area contributed by atoms with Gasteiger partial charge in [0, 0.05) is 29.7 Å². The summed E-state index contributed by atoms with van der Waals surface area (Å²) in [5.74, 6) is 0.220. The molecule has 26 heavy (non-hydrogen) atoms. The van der Waals surface area contributed by atoms with Gasteiger partial charge in [-0.25, -0.2) is 9.97 Å². The fourth-order valence-corrected chi connectivity index (χ4v) is 3.15. The molecule has 136 valence electrons. The number of hydrogen-bond acceptors (Lipinski definition) is 5. The number of anilines is 2. The number of carbonyl (C=O) groups is 2. The summed E-state index contributed by atoms with van der Waals surface area (Å²) in [4.78, 5) is 32.3. The Morgan fingerprint density at radius 1 is 1.00 bits per heavy atom. The first kappa shape index (κ1) is 18.0. The molecule has 1 aliphatic carbocycles. The smallest absolute Gasteiger partial charge is 0.258 e. The molecular formula is C20H24N4O2. The van der Waals surface area contributed by atoms with Gasteiger partial charge in [-0.2, -0.15) is 0 Å². The number of Topliss-reactive ketones (excluding diaryl/α,β-unsaturated/α-hetero) is 1. The number of amides is 1. The van der Waals surface area contributed by atoms with Crippen LogP contribution in [0.5, 0.6) is 0 Å². The first-order chi connectivity index (χ1) is 12.6. The Hall–Kier alpha value is -2.76. The quantitative estimate of drug-likeness (QED) is 0.626. The van der Waals surface area contributed by atoms with Crippen molar-refractivity contribution < 1.29 is 9.59 Å². The lowest BCUT2D eigenvalue weighted by Crippen LogP contribution is -2.20. The molecule has 6 heteroatoms. The van der Waals surface area contributed by atoms with Gasteiger partial charge in [-0.1, -0.05) is 37.8 Å². The number of nitrogens with one attached hydrogen (secondary N) is 2. The molecule has 6 nitrogen and oxygen atoms in total. The highest BCUT2D eigenvalue weighted by atomic mass is 16.1. The maximum absolute atomic E-state index is 12.3. The number of nitrogens with zero attached hydrogens (tertiary/aromatic N) is 2. The van der Waals surface area contributed by atoms with Gasteiger partial charge in [-0.15, -0.1) is 0 Å². The van der Waals surface area contributed by atoms with E-state index < -0.39 is 0 Å². The predicted octanol–water partition coefficient (Wildman–Crippen LogP) is 4.07. The van der Waals surface area contributed by atoms with Crippen molar-refractivity contribution in [2.45, 2.75) is 51.5 Å². The van der Waals surface area contributed by atoms with Crippen LogP contribution in [0.25, 0.3) is 0 Å². The van der Waals surface area contributed by atoms with Crippen LogP contribution in [0.15, 0.2) is 36.7 Å². The third-order valence-electron chi connectivity index (χ3n) is 4.63. The van der Waals surface area contributed by atoms with E-state index in [1.165, 1.54) is 45.0 Å². The molecule has 0 unspecified atom stereocenters. The molecule has 2 N–H and O–H groups in total. The van der Waals surface area contributed by atoms with Gasteiger partial charge in [0.15, 0.2) is 5.78 Å². The van der Waals surface area contributed by atoms with E-state index in [9.17, 15) is 9.59 Å². The Balaban J connectivity index is 1.61. The molecule has 1 heterocycles. The topological polar surface area (TPSA) is 84.0 Å². The van der Waals surface area contributed by atoms with Crippen LogP contribution in [0.2, 0.25) is 0 Å². The number of hydrogen-bond donors (Lipinski definition) is 2. The standard InChI is InChI=1S/C20H24N4O2/c1-14(25)15-7-6-10-18(11-15)23-19(26)16-12-21-20(22-13-16)24-17-8-4-2-3-5-9-17/h6-7,10-13,17H,2-5,8-9H2,1H3,(H,23,26)(H,21,22,24). The molecule has 1 aliphatic rings. The minimum Gasteiger partial charge on any atom is -0.351 e. The van der Waals surface area contributed by atoms with Crippen LogP contribution in [-0.4, -0.2) is 27.7 Å². The van der Waals surface area contributed by atoms with Crippen LogP contribution in [0, 0.1) is 0 Å². The van der Waals surface area contributed by atoms with Gasteiger partial charge >= 0.3 is 0 Å². The molecule has 1 fully saturated rings. The second-order valence-corrected chi connectivity index (χ2v) is 6.72. The Morgan fingerprint density at radius 3 is 2.35 bits per heavy atom. The lowest BCUT2D eigenvalue weighted by molar-refractivity contribution is 0.101. The minimum atomic E-state index is -0.299. The van der Waals surface area contributed by atoms with Gasteiger partial charge < -0.3 is 10.6 Å². The third-order valence-corrected chi connectivity index (χ3v) is 4.63. The highest BCUT2D eigenvalue weighted by Gasteiger charge is 2.14. The average Bonchev–Trinajstić information content (AvgIpc) is 2.91. The summed E-state index contributed by atoms with van der Waals surface area (Å²) in [6.07, 6.45) is 10.4. The molecule has 0 radical (unpaired) electrons. The molecule has 1 saturated carbocycles. The lowest BCUT2D eigenvalue weighted by atomic mass is 10.1. The Morgan fingerprint density at radius 2 is 1.69 bits per heavy atom. The summed E-state index contributed by atoms with van der Waals surface area (Å²) in [5, 5.41) is 6.14. The van der Waals surface area contributed by atoms with E-state index in [2.05, 4.69) is 20.6 Å². The molecule has 0 saturated heterocycles. The highest BCUT2D eigenvalue weighted by Crippen LogP contribution is 2.19. The maximum Gasteiger partial charge on any atom is 0.258 e. The zero-order chi connectivity index (χ0) is 18.4. The number of ketones is 1. The third kappa shape index (κ3) is 4.88. The second-order valence-electron chi connectivity index (χ2n) is 6.72. The molecule has 1 aromatic carbocycles. The SMILES string of the molecule is CC(=O)c1cccc(NC(=O)c2cnc(NC3CCCCCC3)nc2)c1. The molecule has 3 rings (SSSR count). The monoisotopic (exact) mass is 352 g/mol. The summed E-state index contributed by atoms with van der Waals surface area (Å²) in [6, 6.07) is 7.26. The van der Waals surface area contributed by atoms with Gasteiger partial charge in [0.2, 0.25) is 5.95 Å². The zero-order valence-corrected chi connectivity index (χ0v) is 15.0. The van der Waals surface area contributed by atoms with Crippen molar-refractivity contribution in [3.05, 3.63) is 47.8 Å². The molecule has 1 aromatic heterocycles. The van der Waals surface area contributed by atoms with Gasteiger partial charge in [0.05, 0.1) is 5.56 Å². The number of rotatable bonds is 5. The van der Waals surface area contributed by atoms with Crippen molar-refractivity contribution in [3.8, 4) is 0 Å². The van der Waals surface area contributed by atoms with E-state index in [0.717, 1.165) is 12.8 Å². The van der Waals surface area contributed by atoms with Gasteiger partial charge in [0.25, 0.3) is 5.91 Å². The second kappa shape index (κ2) is 8.56. The molecule has 0 aliphatic heterocycles. The van der Waals surface area contributed by atoms with Crippen LogP contribution in [0.4, 0.5) is 11.6 Å². The van der Waals surface area contributed by atoms with Crippen LogP contribution in [0.3, 0.4) is 0 Å². The number of benzene rings is 1. The molecule has 0 spiro atoms. The minimum absolute atomic E-state index is 0.0432. The van der Waals surface area contributed by atoms with E-state index in [4.69, 9.17) is 0 Å². The fourth-order valence-electron chi connectivity index (χ4n) is 3.15. The van der Waals surface area contributed by atoms with Crippen molar-refractivity contribution in [1.29, 1.82) is 0 Å². The van der Waals surface area contributed by atoms with E-state index in [0.29, 0.717) is 28.8 Å². The number of carbonyl (C=O) groups excluding carboxylic acids is 2. The molecule has 0 atom stereocenters. The summed E-state index contributed by atoms with van der Waals surface area (Å²) in [6.45, 7) is 1.49. The predicted molar refractivity (Wildman–Crippen MR) is 102 cm³/mol. The number of aromatic nitrogens is 2. The van der Waals surface area contributed by atoms with Crippen molar-refractivity contribution in [2.75, 3.05) is 10.6 Å². The average molecular weight is 352 g/mol. The Labute approximate surface area is 153 Å². The summed E-state index contributed by atoms with van der Waals surface area (Å²) in [5.41, 5.74) is 1.51. The highest BCUT2D eigenvalue weighted by molar-refractivity contribution is 6.04. The molecule has 0 bridgehead atoms. The molecule has 2 aromatic rings. The maximum atomic E-state index is 12.3. The molecule has 1 amide bonds. The normalized spacial score (nSPS) is 15.1. The van der Waals surface area contributed by atoms with Crippen molar-refractivity contribution in [1.82, 2.24) is 9.97 Å². The van der Waals surface area contributed by atoms with Crippen molar-refractivity contribution in [3.63, 3.8) is 0 Å². The lowest BCUT2D eigenvalue weighted by Gasteiger charge is -2.15. The van der Waals surface area contributed by atoms with Crippen LogP contribution in [-0.2, 0) is 0 Å². The largest absolute Gasteiger partial charge is 0.351 e. The zero-order valence-electron chi connectivity index (χ0n) is 15.0. The van der Waals surface area contributed by atoms with E-state index in [1.807, 2.05) is 0 Å². The van der Waals surface area contributed by atoms with Crippen molar-refractivity contribution in [2.24, 2.45) is 0 Å². The van der Waals surface area contributed by atoms with Crippen LogP contribution >= 0.6 is 0 Å². The van der Waals surface area contributed by atoms with Crippen LogP contribution < -0.4 is 10.6 Å². The van der Waals surface area contributed by atoms with Gasteiger partial charge in [-0.3, -0.25) is 9.59 Å². The Kier molecular flexibility index (Phi) is 5.94. The summed E-state index contributed by atoms with van der Waals surface area (Å²) >= 11 is 0. The Bertz CT molecular complexity index is 766. The fraction of sp³-hybridized carbons (Fsp3) is 0.400. The van der Waals surface area contributed by atoms with Crippen molar-refractivity contribution >= 4 is 23.3 Å². The first-order valence-corrected chi connectivity index (χ1v) is 9.13. The first-order valence-electron chi connectivity index (χ1n) is 9.13. The van der Waals surface area contributed by atoms with E-state index in [1.54, 1.807) is 24.3 Å². The van der Waals surface area contributed by atoms with Gasteiger partial charge in [-0.05, 0) is 31.9 Å². The van der Waals surface area contributed by atoms with E-state index in [-0.39, 0.29) is 11.7 Å². The van der Waals surface area contributed by atoms with E-state index >= 15 is 0 Å². The summed E-state index contributed by atoms with van der Waals surface area (Å²) < 4.78 is 0.